The summed E-state index contributed by atoms with van der Waals surface area (Å²) in [4.78, 5) is 38.5. The van der Waals surface area contributed by atoms with Crippen LogP contribution in [0.25, 0.3) is 0 Å². The zero-order valence-electron chi connectivity index (χ0n) is 17.4. The monoisotopic (exact) mass is 427 g/mol. The zero-order chi connectivity index (χ0) is 22.2. The van der Waals surface area contributed by atoms with Crippen molar-refractivity contribution in [3.63, 3.8) is 0 Å². The number of piperidine rings is 1. The fourth-order valence-electron chi connectivity index (χ4n) is 3.58. The summed E-state index contributed by atoms with van der Waals surface area (Å²) in [6.07, 6.45) is 1.53. The summed E-state index contributed by atoms with van der Waals surface area (Å²) in [5, 5.41) is 5.29. The van der Waals surface area contributed by atoms with Gasteiger partial charge in [0.2, 0.25) is 11.8 Å². The van der Waals surface area contributed by atoms with Gasteiger partial charge in [-0.3, -0.25) is 14.4 Å². The summed E-state index contributed by atoms with van der Waals surface area (Å²) < 4.78 is 18.9. The first-order chi connectivity index (χ1) is 15.0. The first kappa shape index (κ1) is 22.3. The van der Waals surface area contributed by atoms with Crippen LogP contribution >= 0.6 is 0 Å². The van der Waals surface area contributed by atoms with E-state index in [4.69, 9.17) is 4.74 Å². The lowest BCUT2D eigenvalue weighted by Gasteiger charge is -2.32. The maximum absolute atomic E-state index is 13.6. The Hall–Kier alpha value is -3.42. The Morgan fingerprint density at radius 1 is 1.06 bits per heavy atom. The summed E-state index contributed by atoms with van der Waals surface area (Å²) in [6, 6.07) is 13.0. The molecule has 0 atom stereocenters. The Bertz CT molecular complexity index is 942. The van der Waals surface area contributed by atoms with E-state index >= 15 is 0 Å². The van der Waals surface area contributed by atoms with Gasteiger partial charge in [-0.05, 0) is 31.0 Å². The molecule has 0 bridgehead atoms. The number of rotatable bonds is 7. The molecule has 0 aromatic heterocycles. The summed E-state index contributed by atoms with van der Waals surface area (Å²) in [5.74, 6) is -0.902. The Morgan fingerprint density at radius 3 is 2.45 bits per heavy atom. The molecule has 31 heavy (non-hydrogen) atoms. The Morgan fingerprint density at radius 2 is 1.74 bits per heavy atom. The van der Waals surface area contributed by atoms with E-state index in [9.17, 15) is 18.8 Å². The molecule has 0 unspecified atom stereocenters. The second-order valence-corrected chi connectivity index (χ2v) is 7.37. The van der Waals surface area contributed by atoms with Crippen LogP contribution in [0.2, 0.25) is 0 Å². The Labute approximate surface area is 180 Å². The highest BCUT2D eigenvalue weighted by Crippen LogP contribution is 2.20. The number of amides is 3. The van der Waals surface area contributed by atoms with Gasteiger partial charge in [-0.2, -0.15) is 0 Å². The minimum atomic E-state index is -0.634. The van der Waals surface area contributed by atoms with Gasteiger partial charge >= 0.3 is 0 Å². The van der Waals surface area contributed by atoms with Crippen molar-refractivity contribution < 1.29 is 23.5 Å². The first-order valence-electron chi connectivity index (χ1n) is 10.2. The van der Waals surface area contributed by atoms with E-state index in [0.717, 1.165) is 5.56 Å². The van der Waals surface area contributed by atoms with Gasteiger partial charge in [0, 0.05) is 24.7 Å². The van der Waals surface area contributed by atoms with Crippen molar-refractivity contribution in [1.29, 1.82) is 0 Å². The van der Waals surface area contributed by atoms with Crippen molar-refractivity contribution in [2.45, 2.75) is 25.3 Å². The van der Waals surface area contributed by atoms with Gasteiger partial charge < -0.3 is 20.3 Å². The van der Waals surface area contributed by atoms with Gasteiger partial charge in [-0.25, -0.2) is 4.39 Å². The highest BCUT2D eigenvalue weighted by molar-refractivity contribution is 5.96. The van der Waals surface area contributed by atoms with Crippen LogP contribution in [-0.2, 0) is 16.0 Å². The molecule has 0 radical (unpaired) electrons. The average Bonchev–Trinajstić information content (AvgIpc) is 2.78. The molecule has 7 nitrogen and oxygen atoms in total. The molecule has 3 rings (SSSR count). The third-order valence-electron chi connectivity index (χ3n) is 5.27. The summed E-state index contributed by atoms with van der Waals surface area (Å²) in [6.45, 7) is 0.848. The molecule has 8 heteroatoms. The number of ether oxygens (including phenoxy) is 1. The van der Waals surface area contributed by atoms with E-state index in [1.54, 1.807) is 18.1 Å². The molecular weight excluding hydrogens is 401 g/mol. The van der Waals surface area contributed by atoms with Crippen LogP contribution < -0.4 is 15.4 Å². The van der Waals surface area contributed by atoms with Crippen molar-refractivity contribution in [3.05, 3.63) is 65.5 Å². The molecule has 0 aliphatic carbocycles. The maximum atomic E-state index is 13.6. The quantitative estimate of drug-likeness (QED) is 0.707. The Balaban J connectivity index is 1.41. The van der Waals surface area contributed by atoms with Gasteiger partial charge in [0.25, 0.3) is 5.91 Å². The highest BCUT2D eigenvalue weighted by atomic mass is 19.1. The highest BCUT2D eigenvalue weighted by Gasteiger charge is 2.24. The number of hydrogen-bond acceptors (Lipinski definition) is 4. The summed E-state index contributed by atoms with van der Waals surface area (Å²) in [7, 11) is 1.58. The largest absolute Gasteiger partial charge is 0.496 e. The number of carbonyl (C=O) groups is 3. The minimum absolute atomic E-state index is 0.0198. The molecule has 1 heterocycles. The number of likely N-dealkylation sites (tertiary alicyclic amines) is 1. The lowest BCUT2D eigenvalue weighted by molar-refractivity contribution is -0.131. The van der Waals surface area contributed by atoms with Crippen LogP contribution in [0.3, 0.4) is 0 Å². The van der Waals surface area contributed by atoms with Crippen LogP contribution in [0.4, 0.5) is 4.39 Å². The van der Waals surface area contributed by atoms with E-state index in [2.05, 4.69) is 10.6 Å². The molecule has 1 fully saturated rings. The number of hydrogen-bond donors (Lipinski definition) is 2. The van der Waals surface area contributed by atoms with Crippen molar-refractivity contribution in [1.82, 2.24) is 15.5 Å². The average molecular weight is 427 g/mol. The van der Waals surface area contributed by atoms with Crippen LogP contribution in [0.5, 0.6) is 5.75 Å². The number of nitrogens with one attached hydrogen (secondary N) is 2. The molecule has 164 valence electrons. The number of benzene rings is 2. The lowest BCUT2D eigenvalue weighted by Crippen LogP contribution is -2.49. The van der Waals surface area contributed by atoms with Crippen LogP contribution in [0.1, 0.15) is 28.8 Å². The van der Waals surface area contributed by atoms with Crippen LogP contribution in [-0.4, -0.2) is 55.4 Å². The fraction of sp³-hybridized carbons (Fsp3) is 0.348. The van der Waals surface area contributed by atoms with Crippen molar-refractivity contribution in [3.8, 4) is 5.75 Å². The lowest BCUT2D eigenvalue weighted by atomic mass is 10.0. The molecule has 1 aliphatic rings. The van der Waals surface area contributed by atoms with Gasteiger partial charge in [0.1, 0.15) is 11.6 Å². The Kier molecular flexibility index (Phi) is 7.59. The second-order valence-electron chi connectivity index (χ2n) is 7.37. The maximum Gasteiger partial charge on any atom is 0.254 e. The minimum Gasteiger partial charge on any atom is -0.496 e. The third-order valence-corrected chi connectivity index (χ3v) is 5.27. The molecule has 0 spiro atoms. The number of halogens is 1. The van der Waals surface area contributed by atoms with Gasteiger partial charge in [-0.1, -0.05) is 30.3 Å². The predicted molar refractivity (Wildman–Crippen MR) is 113 cm³/mol. The number of para-hydroxylation sites is 1. The normalized spacial score (nSPS) is 14.1. The van der Waals surface area contributed by atoms with Gasteiger partial charge in [0.15, 0.2) is 0 Å². The molecule has 2 aromatic carbocycles. The van der Waals surface area contributed by atoms with Crippen molar-refractivity contribution in [2.24, 2.45) is 0 Å². The number of carbonyl (C=O) groups excluding carboxylic acids is 3. The van der Waals surface area contributed by atoms with Crippen LogP contribution in [0.15, 0.2) is 48.5 Å². The topological polar surface area (TPSA) is 87.7 Å². The molecule has 1 aliphatic heterocycles. The second kappa shape index (κ2) is 10.6. The van der Waals surface area contributed by atoms with Crippen molar-refractivity contribution >= 4 is 17.7 Å². The number of nitrogens with zero attached hydrogens (tertiary/aromatic N) is 1. The summed E-state index contributed by atoms with van der Waals surface area (Å²) >= 11 is 0. The van der Waals surface area contributed by atoms with E-state index in [0.29, 0.717) is 31.7 Å². The van der Waals surface area contributed by atoms with E-state index in [1.165, 1.54) is 18.2 Å². The first-order valence-corrected chi connectivity index (χ1v) is 10.2. The van der Waals surface area contributed by atoms with E-state index in [1.807, 2.05) is 24.3 Å². The van der Waals surface area contributed by atoms with Crippen molar-refractivity contribution in [2.75, 3.05) is 26.7 Å². The molecular formula is C23H26FN3O4. The standard InChI is InChI=1S/C23H26FN3O4/c1-31-20-9-5-2-6-16(20)14-22(29)27-12-10-17(11-13-27)26-21(28)15-25-23(30)18-7-3-4-8-19(18)24/h2-9,17H,10-15H2,1H3,(H,25,30)(H,26,28). The van der Waals surface area contributed by atoms with Crippen LogP contribution in [0, 0.1) is 5.82 Å². The molecule has 1 saturated heterocycles. The van der Waals surface area contributed by atoms with E-state index in [-0.39, 0.29) is 36.4 Å². The molecule has 2 aromatic rings. The smallest absolute Gasteiger partial charge is 0.254 e. The third kappa shape index (κ3) is 6.04. The SMILES string of the molecule is COc1ccccc1CC(=O)N1CCC(NC(=O)CNC(=O)c2ccccc2F)CC1. The fourth-order valence-corrected chi connectivity index (χ4v) is 3.58. The number of methoxy groups -OCH3 is 1. The van der Waals surface area contributed by atoms with E-state index < -0.39 is 11.7 Å². The predicted octanol–water partition coefficient (Wildman–Crippen LogP) is 1.91. The van der Waals surface area contributed by atoms with Gasteiger partial charge in [0.05, 0.1) is 25.6 Å². The zero-order valence-corrected chi connectivity index (χ0v) is 17.4. The van der Waals surface area contributed by atoms with Gasteiger partial charge in [-0.15, -0.1) is 0 Å². The summed E-state index contributed by atoms with van der Waals surface area (Å²) in [5.41, 5.74) is 0.744. The molecule has 0 saturated carbocycles. The molecule has 3 amide bonds. The molecule has 2 N–H and O–H groups in total.